The van der Waals surface area contributed by atoms with Crippen LogP contribution in [0.25, 0.3) is 0 Å². The summed E-state index contributed by atoms with van der Waals surface area (Å²) in [5.41, 5.74) is -0.367. The maximum atomic E-state index is 12.4. The van der Waals surface area contributed by atoms with Crippen molar-refractivity contribution in [2.24, 2.45) is 16.2 Å². The Bertz CT molecular complexity index is 260. The van der Waals surface area contributed by atoms with Crippen molar-refractivity contribution in [2.45, 2.75) is 54.9 Å². The Kier molecular flexibility index (Phi) is 5.20. The van der Waals surface area contributed by atoms with E-state index in [4.69, 9.17) is 4.74 Å². The van der Waals surface area contributed by atoms with Gasteiger partial charge in [0, 0.05) is 7.11 Å². The molecule has 0 saturated carbocycles. The molecule has 0 aliphatic heterocycles. The van der Waals surface area contributed by atoms with E-state index in [-0.39, 0.29) is 23.5 Å². The molecule has 102 valence electrons. The standard InChI is InChI=1S/C14H29NO2/c1-12(2,3)9-14(7,13(4,5)6)11(16)15-10-17-8/h9-10H2,1-8H3,(H,15,16). The molecule has 0 bridgehead atoms. The molecule has 17 heavy (non-hydrogen) atoms. The number of ether oxygens (including phenoxy) is 1. The smallest absolute Gasteiger partial charge is 0.228 e. The number of amides is 1. The van der Waals surface area contributed by atoms with Crippen molar-refractivity contribution < 1.29 is 9.53 Å². The average Bonchev–Trinajstić information content (AvgIpc) is 2.09. The fourth-order valence-electron chi connectivity index (χ4n) is 2.08. The van der Waals surface area contributed by atoms with Crippen LogP contribution in [0.15, 0.2) is 0 Å². The van der Waals surface area contributed by atoms with Gasteiger partial charge in [-0.15, -0.1) is 0 Å². The lowest BCUT2D eigenvalue weighted by Crippen LogP contribution is -2.49. The summed E-state index contributed by atoms with van der Waals surface area (Å²) in [4.78, 5) is 12.4. The summed E-state index contributed by atoms with van der Waals surface area (Å²) in [7, 11) is 1.58. The minimum Gasteiger partial charge on any atom is -0.364 e. The van der Waals surface area contributed by atoms with E-state index >= 15 is 0 Å². The second-order valence-corrected chi connectivity index (χ2v) is 7.26. The zero-order valence-electron chi connectivity index (χ0n) is 12.7. The van der Waals surface area contributed by atoms with E-state index in [9.17, 15) is 4.79 Å². The number of hydrogen-bond donors (Lipinski definition) is 1. The Labute approximate surface area is 106 Å². The molecule has 0 aliphatic rings. The average molecular weight is 243 g/mol. The van der Waals surface area contributed by atoms with Gasteiger partial charge in [0.1, 0.15) is 6.73 Å². The molecule has 1 unspecified atom stereocenters. The first kappa shape index (κ1) is 16.4. The number of hydrogen-bond acceptors (Lipinski definition) is 2. The van der Waals surface area contributed by atoms with Crippen LogP contribution in [-0.2, 0) is 9.53 Å². The van der Waals surface area contributed by atoms with Crippen LogP contribution >= 0.6 is 0 Å². The quantitative estimate of drug-likeness (QED) is 0.770. The van der Waals surface area contributed by atoms with Gasteiger partial charge in [0.2, 0.25) is 5.91 Å². The highest BCUT2D eigenvalue weighted by Crippen LogP contribution is 2.46. The maximum absolute atomic E-state index is 12.4. The second kappa shape index (κ2) is 5.38. The summed E-state index contributed by atoms with van der Waals surface area (Å²) in [6, 6.07) is 0. The van der Waals surface area contributed by atoms with Crippen molar-refractivity contribution in [1.82, 2.24) is 5.32 Å². The zero-order valence-corrected chi connectivity index (χ0v) is 12.7. The molecule has 0 radical (unpaired) electrons. The van der Waals surface area contributed by atoms with Gasteiger partial charge in [0.15, 0.2) is 0 Å². The van der Waals surface area contributed by atoms with E-state index in [0.717, 1.165) is 6.42 Å². The monoisotopic (exact) mass is 243 g/mol. The van der Waals surface area contributed by atoms with Crippen molar-refractivity contribution in [3.8, 4) is 0 Å². The van der Waals surface area contributed by atoms with Crippen LogP contribution in [0.2, 0.25) is 0 Å². The predicted molar refractivity (Wildman–Crippen MR) is 71.7 cm³/mol. The lowest BCUT2D eigenvalue weighted by molar-refractivity contribution is -0.140. The molecule has 1 N–H and O–H groups in total. The van der Waals surface area contributed by atoms with Crippen LogP contribution in [0.3, 0.4) is 0 Å². The zero-order chi connectivity index (χ0) is 13.9. The summed E-state index contributed by atoms with van der Waals surface area (Å²) in [5.74, 6) is 0.0711. The maximum Gasteiger partial charge on any atom is 0.228 e. The van der Waals surface area contributed by atoms with Crippen LogP contribution in [0, 0.1) is 16.2 Å². The molecule has 0 aliphatic carbocycles. The molecule has 0 aromatic rings. The lowest BCUT2D eigenvalue weighted by atomic mass is 9.61. The van der Waals surface area contributed by atoms with Gasteiger partial charge in [-0.05, 0) is 17.3 Å². The Balaban J connectivity index is 5.05. The van der Waals surface area contributed by atoms with Gasteiger partial charge in [-0.1, -0.05) is 48.5 Å². The largest absolute Gasteiger partial charge is 0.364 e. The van der Waals surface area contributed by atoms with Crippen molar-refractivity contribution >= 4 is 5.91 Å². The van der Waals surface area contributed by atoms with E-state index in [1.54, 1.807) is 7.11 Å². The third kappa shape index (κ3) is 4.66. The molecule has 0 aromatic heterocycles. The molecule has 0 spiro atoms. The van der Waals surface area contributed by atoms with Crippen LogP contribution < -0.4 is 5.32 Å². The fraction of sp³-hybridized carbons (Fsp3) is 0.929. The summed E-state index contributed by atoms with van der Waals surface area (Å²) in [6.07, 6.45) is 0.846. The minimum atomic E-state index is -0.399. The van der Waals surface area contributed by atoms with Gasteiger partial charge in [0.25, 0.3) is 0 Å². The van der Waals surface area contributed by atoms with Gasteiger partial charge >= 0.3 is 0 Å². The van der Waals surface area contributed by atoms with Gasteiger partial charge in [0.05, 0.1) is 5.41 Å². The van der Waals surface area contributed by atoms with Gasteiger partial charge < -0.3 is 10.1 Å². The van der Waals surface area contributed by atoms with E-state index < -0.39 is 5.41 Å². The topological polar surface area (TPSA) is 38.3 Å². The Morgan fingerprint density at radius 1 is 1.06 bits per heavy atom. The van der Waals surface area contributed by atoms with Gasteiger partial charge in [-0.2, -0.15) is 0 Å². The van der Waals surface area contributed by atoms with E-state index in [1.807, 2.05) is 6.92 Å². The van der Waals surface area contributed by atoms with Crippen LogP contribution in [0.5, 0.6) is 0 Å². The molecular formula is C14H29NO2. The SMILES string of the molecule is COCNC(=O)C(C)(CC(C)(C)C)C(C)(C)C. The molecule has 3 nitrogen and oxygen atoms in total. The van der Waals surface area contributed by atoms with Crippen LogP contribution in [-0.4, -0.2) is 19.7 Å². The van der Waals surface area contributed by atoms with Crippen molar-refractivity contribution in [1.29, 1.82) is 0 Å². The Morgan fingerprint density at radius 3 is 1.82 bits per heavy atom. The first-order valence-corrected chi connectivity index (χ1v) is 6.21. The molecule has 0 saturated heterocycles. The van der Waals surface area contributed by atoms with Crippen molar-refractivity contribution in [3.05, 3.63) is 0 Å². The summed E-state index contributed by atoms with van der Waals surface area (Å²) in [5, 5.41) is 2.84. The fourth-order valence-corrected chi connectivity index (χ4v) is 2.08. The highest BCUT2D eigenvalue weighted by molar-refractivity contribution is 5.83. The number of carbonyl (C=O) groups excluding carboxylic acids is 1. The molecule has 1 atom stereocenters. The number of rotatable bonds is 4. The first-order valence-electron chi connectivity index (χ1n) is 6.21. The van der Waals surface area contributed by atoms with E-state index in [1.165, 1.54) is 0 Å². The molecule has 0 aromatic carbocycles. The molecule has 0 rings (SSSR count). The minimum absolute atomic E-state index is 0.0711. The predicted octanol–water partition coefficient (Wildman–Crippen LogP) is 3.20. The highest BCUT2D eigenvalue weighted by atomic mass is 16.5. The van der Waals surface area contributed by atoms with Crippen LogP contribution in [0.4, 0.5) is 0 Å². The molecule has 0 heterocycles. The summed E-state index contributed by atoms with van der Waals surface area (Å²) < 4.78 is 4.92. The third-order valence-corrected chi connectivity index (χ3v) is 3.42. The van der Waals surface area contributed by atoms with Crippen molar-refractivity contribution in [3.63, 3.8) is 0 Å². The third-order valence-electron chi connectivity index (χ3n) is 3.42. The molecule has 1 amide bonds. The Hall–Kier alpha value is -0.570. The van der Waals surface area contributed by atoms with Crippen LogP contribution in [0.1, 0.15) is 54.9 Å². The summed E-state index contributed by atoms with van der Waals surface area (Å²) in [6.45, 7) is 15.2. The van der Waals surface area contributed by atoms with E-state index in [2.05, 4.69) is 46.9 Å². The molecular weight excluding hydrogens is 214 g/mol. The van der Waals surface area contributed by atoms with E-state index in [0.29, 0.717) is 0 Å². The second-order valence-electron chi connectivity index (χ2n) is 7.26. The Morgan fingerprint density at radius 2 is 1.53 bits per heavy atom. The molecule has 3 heteroatoms. The number of methoxy groups -OCH3 is 1. The van der Waals surface area contributed by atoms with Crippen molar-refractivity contribution in [2.75, 3.05) is 13.8 Å². The normalized spacial score (nSPS) is 16.5. The number of carbonyl (C=O) groups is 1. The first-order chi connectivity index (χ1) is 7.44. The summed E-state index contributed by atoms with van der Waals surface area (Å²) >= 11 is 0. The molecule has 0 fully saturated rings. The lowest BCUT2D eigenvalue weighted by Gasteiger charge is -2.44. The number of nitrogens with one attached hydrogen (secondary N) is 1. The van der Waals surface area contributed by atoms with Gasteiger partial charge in [-0.25, -0.2) is 0 Å². The highest BCUT2D eigenvalue weighted by Gasteiger charge is 2.46. The van der Waals surface area contributed by atoms with Gasteiger partial charge in [-0.3, -0.25) is 4.79 Å².